The van der Waals surface area contributed by atoms with Gasteiger partial charge in [0, 0.05) is 31.2 Å². The van der Waals surface area contributed by atoms with Crippen LogP contribution in [0.3, 0.4) is 0 Å². The third kappa shape index (κ3) is 6.44. The van der Waals surface area contributed by atoms with Gasteiger partial charge < -0.3 is 39.7 Å². The topological polar surface area (TPSA) is 138 Å². The number of amides is 2. The van der Waals surface area contributed by atoms with Crippen LogP contribution in [-0.4, -0.2) is 89.8 Å². The lowest BCUT2D eigenvalue weighted by Gasteiger charge is -2.44. The summed E-state index contributed by atoms with van der Waals surface area (Å²) in [7, 11) is 1.49. The fourth-order valence-corrected chi connectivity index (χ4v) is 6.39. The number of hydrogen-bond acceptors (Lipinski definition) is 8. The number of aliphatic hydroxyl groups excluding tert-OH is 3. The summed E-state index contributed by atoms with van der Waals surface area (Å²) < 4.78 is 18.0. The van der Waals surface area contributed by atoms with Crippen molar-refractivity contribution >= 4 is 34.4 Å². The Bertz CT molecular complexity index is 1020. The van der Waals surface area contributed by atoms with Crippen molar-refractivity contribution in [2.45, 2.75) is 69.4 Å². The van der Waals surface area contributed by atoms with E-state index in [1.807, 2.05) is 4.90 Å². The van der Waals surface area contributed by atoms with Crippen LogP contribution in [0.4, 0.5) is 0 Å². The van der Waals surface area contributed by atoms with Gasteiger partial charge in [-0.05, 0) is 65.6 Å². The first-order valence-corrected chi connectivity index (χ1v) is 14.3. The van der Waals surface area contributed by atoms with Gasteiger partial charge in [0.15, 0.2) is 11.5 Å². The highest BCUT2D eigenvalue weighted by Gasteiger charge is 2.45. The van der Waals surface area contributed by atoms with Crippen LogP contribution in [0.15, 0.2) is 23.8 Å². The summed E-state index contributed by atoms with van der Waals surface area (Å²) >= 11 is 2.08. The van der Waals surface area contributed by atoms with Crippen LogP contribution in [0.1, 0.15) is 44.1 Å². The second-order valence-corrected chi connectivity index (χ2v) is 11.2. The van der Waals surface area contributed by atoms with E-state index in [1.54, 1.807) is 18.2 Å². The highest BCUT2D eigenvalue weighted by atomic mass is 127. The predicted molar refractivity (Wildman–Crippen MR) is 147 cm³/mol. The molecule has 2 amide bonds. The molecule has 4 unspecified atom stereocenters. The third-order valence-corrected chi connectivity index (χ3v) is 8.35. The minimum absolute atomic E-state index is 0.0261. The molecule has 1 aromatic carbocycles. The second kappa shape index (κ2) is 13.4. The molecule has 1 saturated heterocycles. The second-order valence-electron chi connectivity index (χ2n) is 10.0. The molecule has 11 heteroatoms. The van der Waals surface area contributed by atoms with Crippen molar-refractivity contribution < 1.29 is 39.1 Å². The number of methoxy groups -OCH3 is 1. The van der Waals surface area contributed by atoms with Gasteiger partial charge in [0.1, 0.15) is 12.2 Å². The Kier molecular flexibility index (Phi) is 10.3. The number of hydrogen-bond donors (Lipinski definition) is 4. The monoisotopic (exact) mass is 644 g/mol. The van der Waals surface area contributed by atoms with Crippen LogP contribution in [-0.2, 0) is 20.9 Å². The number of aliphatic hydroxyl groups is 3. The van der Waals surface area contributed by atoms with Gasteiger partial charge in [0.25, 0.3) is 0 Å². The van der Waals surface area contributed by atoms with E-state index in [4.69, 9.17) is 14.2 Å². The van der Waals surface area contributed by atoms with Crippen LogP contribution < -0.4 is 14.8 Å². The average Bonchev–Trinajstić information content (AvgIpc) is 3.65. The minimum atomic E-state index is -1.10. The lowest BCUT2D eigenvalue weighted by Crippen LogP contribution is -2.58. The summed E-state index contributed by atoms with van der Waals surface area (Å²) in [6, 6.07) is 2.73. The van der Waals surface area contributed by atoms with Gasteiger partial charge in [0.05, 0.1) is 42.5 Å². The van der Waals surface area contributed by atoms with Crippen molar-refractivity contribution in [3.05, 3.63) is 32.9 Å². The molecule has 10 nitrogen and oxygen atoms in total. The minimum Gasteiger partial charge on any atom is -0.493 e. The van der Waals surface area contributed by atoms with E-state index in [2.05, 4.69) is 27.9 Å². The van der Waals surface area contributed by atoms with Crippen LogP contribution in [0.25, 0.3) is 0 Å². The number of benzene rings is 1. The van der Waals surface area contributed by atoms with Crippen molar-refractivity contribution in [2.75, 3.05) is 33.5 Å². The summed E-state index contributed by atoms with van der Waals surface area (Å²) in [6.07, 6.45) is 4.06. The van der Waals surface area contributed by atoms with E-state index in [0.29, 0.717) is 45.8 Å². The maximum Gasteiger partial charge on any atom is 0.247 e. The Morgan fingerprint density at radius 1 is 1.21 bits per heavy atom. The molecule has 3 aliphatic rings. The number of rotatable bonds is 10. The largest absolute Gasteiger partial charge is 0.493 e. The molecule has 0 radical (unpaired) electrons. The molecule has 2 aliphatic carbocycles. The highest BCUT2D eigenvalue weighted by Crippen LogP contribution is 2.39. The summed E-state index contributed by atoms with van der Waals surface area (Å²) in [5.41, 5.74) is 1.04. The van der Waals surface area contributed by atoms with Crippen molar-refractivity contribution in [2.24, 2.45) is 5.92 Å². The zero-order valence-electron chi connectivity index (χ0n) is 21.6. The van der Waals surface area contributed by atoms with Gasteiger partial charge in [-0.15, -0.1) is 0 Å². The maximum absolute atomic E-state index is 13.8. The molecule has 4 N–H and O–H groups in total. The van der Waals surface area contributed by atoms with Crippen molar-refractivity contribution in [3.8, 4) is 11.5 Å². The normalized spacial score (nSPS) is 25.7. The number of carbonyl (C=O) groups excluding carboxylic acids is 2. The molecule has 1 aliphatic heterocycles. The standard InChI is InChI=1S/C27H37IN2O8/c1-36-23-11-16(14-32)10-20(28)25(23)38-22-13-18(26(34)29-7-8-31)12-21(24(22)33)30(19-4-2-3-5-19)27(35)17-6-9-37-15-17/h10-11,13,17,19,21-22,24,31-33H,2-9,12,14-15H2,1H3,(H,29,34). The molecule has 38 heavy (non-hydrogen) atoms. The van der Waals surface area contributed by atoms with Crippen LogP contribution in [0.2, 0.25) is 0 Å². The Morgan fingerprint density at radius 2 is 1.97 bits per heavy atom. The van der Waals surface area contributed by atoms with E-state index in [0.717, 1.165) is 25.7 Å². The number of halogens is 1. The van der Waals surface area contributed by atoms with Crippen molar-refractivity contribution in [1.82, 2.24) is 10.2 Å². The van der Waals surface area contributed by atoms with E-state index >= 15 is 0 Å². The molecule has 4 atom stereocenters. The lowest BCUT2D eigenvalue weighted by molar-refractivity contribution is -0.146. The van der Waals surface area contributed by atoms with E-state index in [1.165, 1.54) is 7.11 Å². The summed E-state index contributed by atoms with van der Waals surface area (Å²) in [5.74, 6) is 0.0800. The summed E-state index contributed by atoms with van der Waals surface area (Å²) in [4.78, 5) is 28.7. The Hall–Kier alpha value is -1.93. The smallest absolute Gasteiger partial charge is 0.247 e. The Morgan fingerprint density at radius 3 is 2.61 bits per heavy atom. The fourth-order valence-electron chi connectivity index (χ4n) is 5.60. The number of ether oxygens (including phenoxy) is 3. The highest BCUT2D eigenvalue weighted by molar-refractivity contribution is 14.1. The molecule has 1 aromatic rings. The first kappa shape index (κ1) is 29.1. The molecule has 0 bridgehead atoms. The molecule has 1 heterocycles. The van der Waals surface area contributed by atoms with E-state index in [-0.39, 0.29) is 50.0 Å². The molecule has 4 rings (SSSR count). The van der Waals surface area contributed by atoms with Gasteiger partial charge in [0.2, 0.25) is 11.8 Å². The van der Waals surface area contributed by atoms with Gasteiger partial charge in [-0.3, -0.25) is 9.59 Å². The van der Waals surface area contributed by atoms with Gasteiger partial charge in [-0.1, -0.05) is 12.8 Å². The van der Waals surface area contributed by atoms with Gasteiger partial charge in [-0.25, -0.2) is 0 Å². The quantitative estimate of drug-likeness (QED) is 0.282. The predicted octanol–water partition coefficient (Wildman–Crippen LogP) is 1.52. The number of nitrogens with one attached hydrogen (secondary N) is 1. The SMILES string of the molecule is COc1cc(CO)cc(I)c1OC1C=C(C(=O)NCCO)CC(N(C(=O)C2CCOC2)C2CCCC2)C1O. The zero-order valence-corrected chi connectivity index (χ0v) is 23.8. The van der Waals surface area contributed by atoms with Crippen LogP contribution >= 0.6 is 22.6 Å². The average molecular weight is 645 g/mol. The molecule has 1 saturated carbocycles. The third-order valence-electron chi connectivity index (χ3n) is 7.55. The Balaban J connectivity index is 1.70. The van der Waals surface area contributed by atoms with Gasteiger partial charge in [-0.2, -0.15) is 0 Å². The zero-order chi connectivity index (χ0) is 27.2. The van der Waals surface area contributed by atoms with Gasteiger partial charge >= 0.3 is 0 Å². The number of nitrogens with zero attached hydrogens (tertiary/aromatic N) is 1. The van der Waals surface area contributed by atoms with Crippen molar-refractivity contribution in [3.63, 3.8) is 0 Å². The Labute approximate surface area is 236 Å². The molecule has 0 aromatic heterocycles. The molecule has 2 fully saturated rings. The number of carbonyl (C=O) groups is 2. The molecular formula is C27H37IN2O8. The molecule has 0 spiro atoms. The first-order chi connectivity index (χ1) is 18.4. The summed E-state index contributed by atoms with van der Waals surface area (Å²) in [6.45, 7) is 0.612. The molecular weight excluding hydrogens is 607 g/mol. The van der Waals surface area contributed by atoms with Crippen molar-refractivity contribution in [1.29, 1.82) is 0 Å². The van der Waals surface area contributed by atoms with Crippen LogP contribution in [0.5, 0.6) is 11.5 Å². The van der Waals surface area contributed by atoms with E-state index in [9.17, 15) is 24.9 Å². The first-order valence-electron chi connectivity index (χ1n) is 13.2. The maximum atomic E-state index is 13.8. The summed E-state index contributed by atoms with van der Waals surface area (Å²) in [5, 5.41) is 33.2. The fraction of sp³-hybridized carbons (Fsp3) is 0.630. The lowest BCUT2D eigenvalue weighted by atomic mass is 9.86. The van der Waals surface area contributed by atoms with E-state index < -0.39 is 18.2 Å². The van der Waals surface area contributed by atoms with Crippen LogP contribution in [0, 0.1) is 9.49 Å². The molecule has 210 valence electrons.